The maximum Gasteiger partial charge on any atom is 0.235 e. The van der Waals surface area contributed by atoms with E-state index in [4.69, 9.17) is 0 Å². The molecule has 4 rings (SSSR count). The van der Waals surface area contributed by atoms with Crippen molar-refractivity contribution in [2.24, 2.45) is 0 Å². The highest BCUT2D eigenvalue weighted by molar-refractivity contribution is 7.16. The lowest BCUT2D eigenvalue weighted by molar-refractivity contribution is 0.918. The molecule has 1 aromatic carbocycles. The van der Waals surface area contributed by atoms with Gasteiger partial charge in [-0.1, -0.05) is 46.2 Å². The fraction of sp³-hybridized carbons (Fsp3) is 0.154. The van der Waals surface area contributed by atoms with Gasteiger partial charge in [-0.3, -0.25) is 0 Å². The Labute approximate surface area is 128 Å². The SMILES string of the molecule is Cc1nnsc1-c1nnc2sc(Cc3ccccc3)nn12. The van der Waals surface area contributed by atoms with E-state index in [1.54, 1.807) is 15.9 Å². The van der Waals surface area contributed by atoms with Crippen molar-refractivity contribution >= 4 is 27.8 Å². The van der Waals surface area contributed by atoms with E-state index in [0.29, 0.717) is 5.82 Å². The van der Waals surface area contributed by atoms with Crippen LogP contribution < -0.4 is 0 Å². The average Bonchev–Trinajstić information content (AvgIpc) is 3.16. The minimum atomic E-state index is 0.716. The van der Waals surface area contributed by atoms with Crippen LogP contribution in [0.4, 0.5) is 0 Å². The zero-order valence-electron chi connectivity index (χ0n) is 11.1. The Bertz CT molecular complexity index is 892. The first-order chi connectivity index (χ1) is 10.3. The molecule has 8 heteroatoms. The summed E-state index contributed by atoms with van der Waals surface area (Å²) in [5, 5.41) is 18.1. The van der Waals surface area contributed by atoms with Crippen molar-refractivity contribution in [1.29, 1.82) is 0 Å². The summed E-state index contributed by atoms with van der Waals surface area (Å²) in [6, 6.07) is 10.3. The van der Waals surface area contributed by atoms with Crippen LogP contribution in [0.5, 0.6) is 0 Å². The van der Waals surface area contributed by atoms with E-state index < -0.39 is 0 Å². The van der Waals surface area contributed by atoms with Gasteiger partial charge in [0.2, 0.25) is 4.96 Å². The molecule has 0 saturated carbocycles. The average molecular weight is 314 g/mol. The fourth-order valence-corrected chi connectivity index (χ4v) is 3.57. The van der Waals surface area contributed by atoms with Gasteiger partial charge in [0.05, 0.1) is 5.69 Å². The minimum absolute atomic E-state index is 0.716. The number of hydrogen-bond acceptors (Lipinski definition) is 7. The summed E-state index contributed by atoms with van der Waals surface area (Å²) in [7, 11) is 0. The van der Waals surface area contributed by atoms with Gasteiger partial charge < -0.3 is 0 Å². The molecule has 6 nitrogen and oxygen atoms in total. The highest BCUT2D eigenvalue weighted by Gasteiger charge is 2.17. The lowest BCUT2D eigenvalue weighted by Crippen LogP contribution is -1.93. The van der Waals surface area contributed by atoms with Gasteiger partial charge in [-0.25, -0.2) is 0 Å². The predicted molar refractivity (Wildman–Crippen MR) is 81.5 cm³/mol. The van der Waals surface area contributed by atoms with Crippen molar-refractivity contribution < 1.29 is 0 Å². The van der Waals surface area contributed by atoms with E-state index in [9.17, 15) is 0 Å². The third kappa shape index (κ3) is 2.22. The van der Waals surface area contributed by atoms with E-state index in [-0.39, 0.29) is 0 Å². The topological polar surface area (TPSA) is 68.9 Å². The Morgan fingerprint density at radius 3 is 2.71 bits per heavy atom. The van der Waals surface area contributed by atoms with Gasteiger partial charge in [-0.05, 0) is 24.0 Å². The van der Waals surface area contributed by atoms with Crippen molar-refractivity contribution in [3.05, 3.63) is 46.6 Å². The van der Waals surface area contributed by atoms with Gasteiger partial charge in [-0.15, -0.1) is 15.3 Å². The van der Waals surface area contributed by atoms with Crippen molar-refractivity contribution in [3.63, 3.8) is 0 Å². The van der Waals surface area contributed by atoms with E-state index >= 15 is 0 Å². The summed E-state index contributed by atoms with van der Waals surface area (Å²) in [6.45, 7) is 1.91. The summed E-state index contributed by atoms with van der Waals surface area (Å²) in [6.07, 6.45) is 0.800. The summed E-state index contributed by atoms with van der Waals surface area (Å²) < 4.78 is 5.73. The lowest BCUT2D eigenvalue weighted by atomic mass is 10.2. The predicted octanol–water partition coefficient (Wildman–Crippen LogP) is 2.60. The monoisotopic (exact) mass is 314 g/mol. The standard InChI is InChI=1S/C13H10N6S2/c1-8-11(21-18-14-8)12-15-16-13-19(12)17-10(20-13)7-9-5-3-2-4-6-9/h2-6H,7H2,1H3. The lowest BCUT2D eigenvalue weighted by Gasteiger charge is -1.95. The van der Waals surface area contributed by atoms with E-state index in [2.05, 4.69) is 37.0 Å². The molecule has 0 bridgehead atoms. The Morgan fingerprint density at radius 1 is 1.10 bits per heavy atom. The van der Waals surface area contributed by atoms with Gasteiger partial charge >= 0.3 is 0 Å². The fourth-order valence-electron chi connectivity index (χ4n) is 2.08. The third-order valence-electron chi connectivity index (χ3n) is 3.09. The molecule has 104 valence electrons. The maximum absolute atomic E-state index is 4.63. The molecule has 3 aromatic heterocycles. The number of benzene rings is 1. The molecule has 0 aliphatic heterocycles. The molecule has 21 heavy (non-hydrogen) atoms. The normalized spacial score (nSPS) is 11.3. The minimum Gasteiger partial charge on any atom is -0.182 e. The summed E-state index contributed by atoms with van der Waals surface area (Å²) in [5.74, 6) is 0.716. The molecule has 3 heterocycles. The number of hydrogen-bond donors (Lipinski definition) is 0. The third-order valence-corrected chi connectivity index (χ3v) is 4.81. The molecule has 0 amide bonds. The summed E-state index contributed by atoms with van der Waals surface area (Å²) >= 11 is 2.87. The van der Waals surface area contributed by atoms with Gasteiger partial charge in [-0.2, -0.15) is 9.61 Å². The first kappa shape index (κ1) is 12.5. The Hall–Kier alpha value is -2.19. The highest BCUT2D eigenvalue weighted by atomic mass is 32.1. The van der Waals surface area contributed by atoms with E-state index in [1.807, 2.05) is 25.1 Å². The zero-order chi connectivity index (χ0) is 14.2. The molecule has 0 spiro atoms. The van der Waals surface area contributed by atoms with Crippen molar-refractivity contribution in [1.82, 2.24) is 29.4 Å². The smallest absolute Gasteiger partial charge is 0.182 e. The molecular formula is C13H10N6S2. The summed E-state index contributed by atoms with van der Waals surface area (Å²) in [4.78, 5) is 1.71. The van der Waals surface area contributed by atoms with Gasteiger partial charge in [0.1, 0.15) is 9.88 Å². The second kappa shape index (κ2) is 4.97. The Kier molecular flexibility index (Phi) is 2.97. The van der Waals surface area contributed by atoms with Crippen molar-refractivity contribution in [3.8, 4) is 10.7 Å². The zero-order valence-corrected chi connectivity index (χ0v) is 12.7. The Balaban J connectivity index is 1.74. The molecule has 0 unspecified atom stereocenters. The largest absolute Gasteiger partial charge is 0.235 e. The first-order valence-electron chi connectivity index (χ1n) is 6.35. The number of aryl methyl sites for hydroxylation is 1. The molecule has 0 N–H and O–H groups in total. The molecular weight excluding hydrogens is 304 g/mol. The molecule has 0 atom stereocenters. The Morgan fingerprint density at radius 2 is 1.95 bits per heavy atom. The van der Waals surface area contributed by atoms with Crippen LogP contribution in [0.25, 0.3) is 15.7 Å². The summed E-state index contributed by atoms with van der Waals surface area (Å²) in [5.41, 5.74) is 2.09. The van der Waals surface area contributed by atoms with Crippen LogP contribution in [-0.2, 0) is 6.42 Å². The van der Waals surface area contributed by atoms with Gasteiger partial charge in [0.15, 0.2) is 5.82 Å². The second-order valence-electron chi connectivity index (χ2n) is 4.56. The molecule has 0 aliphatic carbocycles. The number of aromatic nitrogens is 6. The van der Waals surface area contributed by atoms with Crippen LogP contribution in [0.1, 0.15) is 16.3 Å². The number of nitrogens with zero attached hydrogens (tertiary/aromatic N) is 6. The van der Waals surface area contributed by atoms with Crippen LogP contribution in [-0.4, -0.2) is 29.4 Å². The molecule has 0 fully saturated rings. The first-order valence-corrected chi connectivity index (χ1v) is 7.94. The highest BCUT2D eigenvalue weighted by Crippen LogP contribution is 2.26. The maximum atomic E-state index is 4.63. The van der Waals surface area contributed by atoms with E-state index in [0.717, 1.165) is 27.0 Å². The van der Waals surface area contributed by atoms with Crippen LogP contribution in [0.2, 0.25) is 0 Å². The van der Waals surface area contributed by atoms with Crippen molar-refractivity contribution in [2.45, 2.75) is 13.3 Å². The van der Waals surface area contributed by atoms with Crippen molar-refractivity contribution in [2.75, 3.05) is 0 Å². The molecule has 0 saturated heterocycles. The van der Waals surface area contributed by atoms with Gasteiger partial charge in [0.25, 0.3) is 0 Å². The van der Waals surface area contributed by atoms with E-state index in [1.165, 1.54) is 17.1 Å². The van der Waals surface area contributed by atoms with Crippen LogP contribution in [0.15, 0.2) is 30.3 Å². The molecule has 0 aliphatic rings. The van der Waals surface area contributed by atoms with Crippen LogP contribution >= 0.6 is 22.9 Å². The molecule has 0 radical (unpaired) electrons. The van der Waals surface area contributed by atoms with Gasteiger partial charge in [0, 0.05) is 6.42 Å². The number of rotatable bonds is 3. The second-order valence-corrected chi connectivity index (χ2v) is 6.36. The van der Waals surface area contributed by atoms with Crippen LogP contribution in [0.3, 0.4) is 0 Å². The quantitative estimate of drug-likeness (QED) is 0.581. The number of fused-ring (bicyclic) bond motifs is 1. The van der Waals surface area contributed by atoms with Crippen LogP contribution in [0, 0.1) is 6.92 Å². The molecule has 4 aromatic rings.